The smallest absolute Gasteiger partial charge is 0.166 e. The molecule has 2 N–H and O–H groups in total. The summed E-state index contributed by atoms with van der Waals surface area (Å²) in [5, 5.41) is 11.3. The van der Waals surface area contributed by atoms with E-state index in [1.54, 1.807) is 60.8 Å². The number of aromatic amines is 1. The summed E-state index contributed by atoms with van der Waals surface area (Å²) >= 11 is 0. The van der Waals surface area contributed by atoms with Crippen LogP contribution in [0.4, 0.5) is 18.9 Å². The molecule has 8 heteroatoms. The number of likely N-dealkylation sites (tertiary alicyclic amines) is 1. The van der Waals surface area contributed by atoms with Crippen LogP contribution in [0.1, 0.15) is 30.5 Å². The topological polar surface area (TPSA) is 56.8 Å². The zero-order valence-electron chi connectivity index (χ0n) is 21.9. The first kappa shape index (κ1) is 25.8. The Hall–Kier alpha value is -4.43. The molecule has 202 valence electrons. The molecule has 1 fully saturated rings. The van der Waals surface area contributed by atoms with Crippen molar-refractivity contribution in [1.82, 2.24) is 20.1 Å². The third-order valence-corrected chi connectivity index (χ3v) is 7.31. The first-order chi connectivity index (χ1) is 19.5. The van der Waals surface area contributed by atoms with E-state index >= 15 is 4.39 Å². The van der Waals surface area contributed by atoms with Crippen molar-refractivity contribution in [2.75, 3.05) is 18.4 Å². The van der Waals surface area contributed by atoms with E-state index < -0.39 is 11.6 Å². The number of pyridine rings is 1. The number of halogens is 3. The fourth-order valence-corrected chi connectivity index (χ4v) is 5.26. The van der Waals surface area contributed by atoms with Gasteiger partial charge in [-0.3, -0.25) is 15.0 Å². The highest BCUT2D eigenvalue weighted by Gasteiger charge is 2.18. The highest BCUT2D eigenvalue weighted by Crippen LogP contribution is 2.32. The first-order valence-corrected chi connectivity index (χ1v) is 13.3. The number of benzene rings is 3. The van der Waals surface area contributed by atoms with E-state index in [0.29, 0.717) is 45.8 Å². The van der Waals surface area contributed by atoms with Crippen LogP contribution >= 0.6 is 0 Å². The number of piperidine rings is 1. The zero-order valence-corrected chi connectivity index (χ0v) is 21.9. The molecule has 0 saturated carbocycles. The molecule has 1 aliphatic rings. The van der Waals surface area contributed by atoms with Crippen LogP contribution in [-0.2, 0) is 6.54 Å². The van der Waals surface area contributed by atoms with Gasteiger partial charge in [0, 0.05) is 23.1 Å². The predicted octanol–water partition coefficient (Wildman–Crippen LogP) is 7.78. The van der Waals surface area contributed by atoms with E-state index in [2.05, 4.69) is 32.0 Å². The lowest BCUT2D eigenvalue weighted by molar-refractivity contribution is 0.220. The molecule has 5 aromatic rings. The summed E-state index contributed by atoms with van der Waals surface area (Å²) in [6.45, 7) is 6.66. The van der Waals surface area contributed by atoms with Crippen LogP contribution in [0.5, 0.6) is 0 Å². The SMILES string of the molecule is C=C(Nc1ccc(-c2ccccc2F)nc1)c1n[nH]c2ccc(-c3cc(CN4CCCCC4)cc(F)c3F)cc12. The molecule has 0 atom stereocenters. The molecule has 0 aliphatic carbocycles. The quantitative estimate of drug-likeness (QED) is 0.222. The van der Waals surface area contributed by atoms with Gasteiger partial charge in [0.25, 0.3) is 0 Å². The Balaban J connectivity index is 1.26. The van der Waals surface area contributed by atoms with E-state index in [4.69, 9.17) is 0 Å². The number of anilines is 1. The van der Waals surface area contributed by atoms with Gasteiger partial charge >= 0.3 is 0 Å². The monoisotopic (exact) mass is 539 g/mol. The van der Waals surface area contributed by atoms with Crippen molar-refractivity contribution < 1.29 is 13.2 Å². The molecule has 0 spiro atoms. The van der Waals surface area contributed by atoms with Gasteiger partial charge < -0.3 is 5.32 Å². The Labute approximate surface area is 230 Å². The Morgan fingerprint density at radius 1 is 0.900 bits per heavy atom. The number of hydrogen-bond donors (Lipinski definition) is 2. The molecule has 3 aromatic carbocycles. The van der Waals surface area contributed by atoms with Gasteiger partial charge in [0.1, 0.15) is 11.5 Å². The number of aromatic nitrogens is 3. The molecule has 0 bridgehead atoms. The molecular weight excluding hydrogens is 511 g/mol. The molecule has 2 aromatic heterocycles. The van der Waals surface area contributed by atoms with Crippen LogP contribution in [0, 0.1) is 17.5 Å². The summed E-state index contributed by atoms with van der Waals surface area (Å²) in [4.78, 5) is 6.66. The van der Waals surface area contributed by atoms with Crippen molar-refractivity contribution in [3.05, 3.63) is 108 Å². The lowest BCUT2D eigenvalue weighted by Crippen LogP contribution is -2.29. The Bertz CT molecular complexity index is 1690. The van der Waals surface area contributed by atoms with Crippen LogP contribution in [-0.4, -0.2) is 33.2 Å². The maximum atomic E-state index is 15.0. The van der Waals surface area contributed by atoms with Crippen LogP contribution in [0.2, 0.25) is 0 Å². The minimum atomic E-state index is -0.871. The summed E-state index contributed by atoms with van der Waals surface area (Å²) < 4.78 is 43.8. The maximum absolute atomic E-state index is 15.0. The van der Waals surface area contributed by atoms with Gasteiger partial charge in [0.15, 0.2) is 11.6 Å². The number of rotatable bonds is 7. The average molecular weight is 540 g/mol. The third-order valence-electron chi connectivity index (χ3n) is 7.31. The highest BCUT2D eigenvalue weighted by molar-refractivity contribution is 5.95. The average Bonchev–Trinajstić information content (AvgIpc) is 3.40. The maximum Gasteiger partial charge on any atom is 0.166 e. The summed E-state index contributed by atoms with van der Waals surface area (Å²) in [5.41, 5.74) is 4.87. The number of fused-ring (bicyclic) bond motifs is 1. The van der Waals surface area contributed by atoms with Gasteiger partial charge in [-0.25, -0.2) is 13.2 Å². The van der Waals surface area contributed by atoms with Crippen molar-refractivity contribution in [3.63, 3.8) is 0 Å². The van der Waals surface area contributed by atoms with E-state index in [0.717, 1.165) is 37.0 Å². The molecule has 40 heavy (non-hydrogen) atoms. The standard InChI is InChI=1S/C32H28F3N5/c1-20(37-23-10-12-29(36-18-23)24-7-3-4-8-27(24)33)32-26-17-22(9-11-30(26)38-39-32)25-15-21(16-28(34)31(25)35)19-40-13-5-2-6-14-40/h3-4,7-12,15-18,37H,1-2,5-6,13-14,19H2,(H,38,39). The molecule has 5 nitrogen and oxygen atoms in total. The summed E-state index contributed by atoms with van der Waals surface area (Å²) in [7, 11) is 0. The molecular formula is C32H28F3N5. The van der Waals surface area contributed by atoms with Gasteiger partial charge in [-0.2, -0.15) is 5.10 Å². The number of nitrogens with one attached hydrogen (secondary N) is 2. The zero-order chi connectivity index (χ0) is 27.6. The van der Waals surface area contributed by atoms with Crippen LogP contribution in [0.25, 0.3) is 39.0 Å². The summed E-state index contributed by atoms with van der Waals surface area (Å²) in [5.74, 6) is -2.06. The largest absolute Gasteiger partial charge is 0.353 e. The predicted molar refractivity (Wildman–Crippen MR) is 153 cm³/mol. The molecule has 0 unspecified atom stereocenters. The second-order valence-corrected chi connectivity index (χ2v) is 10.1. The lowest BCUT2D eigenvalue weighted by Gasteiger charge is -2.26. The summed E-state index contributed by atoms with van der Waals surface area (Å²) in [6.07, 6.45) is 5.06. The van der Waals surface area contributed by atoms with Gasteiger partial charge in [-0.15, -0.1) is 0 Å². The Kier molecular flexibility index (Phi) is 7.09. The Morgan fingerprint density at radius 2 is 1.73 bits per heavy atom. The molecule has 0 radical (unpaired) electrons. The molecule has 6 rings (SSSR count). The summed E-state index contributed by atoms with van der Waals surface area (Å²) in [6, 6.07) is 18.4. The van der Waals surface area contributed by atoms with Crippen LogP contribution in [0.3, 0.4) is 0 Å². The van der Waals surface area contributed by atoms with Crippen molar-refractivity contribution in [3.8, 4) is 22.4 Å². The van der Waals surface area contributed by atoms with Crippen molar-refractivity contribution in [1.29, 1.82) is 0 Å². The van der Waals surface area contributed by atoms with Gasteiger partial charge in [-0.05, 0) is 85.6 Å². The molecule has 1 aliphatic heterocycles. The van der Waals surface area contributed by atoms with E-state index in [1.165, 1.54) is 18.6 Å². The third kappa shape index (κ3) is 5.22. The normalized spacial score (nSPS) is 14.0. The lowest BCUT2D eigenvalue weighted by atomic mass is 9.99. The van der Waals surface area contributed by atoms with E-state index in [-0.39, 0.29) is 11.4 Å². The fourth-order valence-electron chi connectivity index (χ4n) is 5.26. The molecule has 3 heterocycles. The van der Waals surface area contributed by atoms with Crippen LogP contribution < -0.4 is 5.32 Å². The van der Waals surface area contributed by atoms with Crippen LogP contribution in [0.15, 0.2) is 79.5 Å². The minimum Gasteiger partial charge on any atom is -0.353 e. The van der Waals surface area contributed by atoms with Crippen molar-refractivity contribution in [2.45, 2.75) is 25.8 Å². The number of nitrogens with zero attached hydrogens (tertiary/aromatic N) is 3. The van der Waals surface area contributed by atoms with Gasteiger partial charge in [-0.1, -0.05) is 31.2 Å². The van der Waals surface area contributed by atoms with Crippen molar-refractivity contribution >= 4 is 22.3 Å². The Morgan fingerprint density at radius 3 is 2.50 bits per heavy atom. The molecule has 0 amide bonds. The van der Waals surface area contributed by atoms with Crippen molar-refractivity contribution in [2.24, 2.45) is 0 Å². The van der Waals surface area contributed by atoms with Gasteiger partial charge in [0.2, 0.25) is 0 Å². The second-order valence-electron chi connectivity index (χ2n) is 10.1. The first-order valence-electron chi connectivity index (χ1n) is 13.3. The fraction of sp³-hybridized carbons (Fsp3) is 0.188. The van der Waals surface area contributed by atoms with Gasteiger partial charge in [0.05, 0.1) is 28.8 Å². The second kappa shape index (κ2) is 11.0. The van der Waals surface area contributed by atoms with E-state index in [1.807, 2.05) is 0 Å². The number of hydrogen-bond acceptors (Lipinski definition) is 4. The minimum absolute atomic E-state index is 0.215. The number of H-pyrrole nitrogens is 1. The highest BCUT2D eigenvalue weighted by atomic mass is 19.2. The van der Waals surface area contributed by atoms with E-state index in [9.17, 15) is 8.78 Å². The molecule has 1 saturated heterocycles.